The minimum absolute atomic E-state index is 0.327. The number of hydrogen-bond donors (Lipinski definition) is 1. The van der Waals surface area contributed by atoms with Crippen LogP contribution in [0.3, 0.4) is 0 Å². The van der Waals surface area contributed by atoms with Gasteiger partial charge in [0.1, 0.15) is 10.8 Å². The number of methoxy groups -OCH3 is 1. The van der Waals surface area contributed by atoms with Crippen molar-refractivity contribution in [1.29, 1.82) is 0 Å². The van der Waals surface area contributed by atoms with Gasteiger partial charge in [-0.1, -0.05) is 32.1 Å². The lowest BCUT2D eigenvalue weighted by atomic mass is 10.2. The fourth-order valence-corrected chi connectivity index (χ4v) is 1.79. The van der Waals surface area contributed by atoms with Crippen molar-refractivity contribution < 1.29 is 4.74 Å². The highest BCUT2D eigenvalue weighted by atomic mass is 32.1. The molecule has 100 valence electrons. The molecule has 1 heterocycles. The molecule has 0 aliphatic carbocycles. The molecule has 4 nitrogen and oxygen atoms in total. The molecule has 18 heavy (non-hydrogen) atoms. The van der Waals surface area contributed by atoms with Gasteiger partial charge in [0.15, 0.2) is 0 Å². The van der Waals surface area contributed by atoms with Gasteiger partial charge < -0.3 is 15.4 Å². The molecule has 0 unspecified atom stereocenters. The van der Waals surface area contributed by atoms with Crippen LogP contribution in [0.25, 0.3) is 0 Å². The predicted molar refractivity (Wildman–Crippen MR) is 79.1 cm³/mol. The first-order valence-electron chi connectivity index (χ1n) is 6.05. The van der Waals surface area contributed by atoms with Crippen LogP contribution in [0.1, 0.15) is 19.5 Å². The Bertz CT molecular complexity index is 396. The highest BCUT2D eigenvalue weighted by molar-refractivity contribution is 7.80. The van der Waals surface area contributed by atoms with E-state index >= 15 is 0 Å². The molecule has 5 heteroatoms. The van der Waals surface area contributed by atoms with Crippen LogP contribution in [0.4, 0.5) is 5.82 Å². The lowest BCUT2D eigenvalue weighted by molar-refractivity contribution is 0.204. The van der Waals surface area contributed by atoms with Crippen LogP contribution >= 0.6 is 12.2 Å². The van der Waals surface area contributed by atoms with Crippen LogP contribution in [0.15, 0.2) is 18.2 Å². The molecule has 0 radical (unpaired) electrons. The third-order valence-electron chi connectivity index (χ3n) is 2.46. The van der Waals surface area contributed by atoms with Gasteiger partial charge >= 0.3 is 0 Å². The Morgan fingerprint density at radius 2 is 2.22 bits per heavy atom. The number of hydrogen-bond acceptors (Lipinski definition) is 4. The summed E-state index contributed by atoms with van der Waals surface area (Å²) in [7, 11) is 1.70. The van der Waals surface area contributed by atoms with Crippen LogP contribution in [-0.4, -0.2) is 36.8 Å². The molecular formula is C13H21N3OS. The van der Waals surface area contributed by atoms with Gasteiger partial charge in [-0.3, -0.25) is 0 Å². The van der Waals surface area contributed by atoms with E-state index in [1.807, 2.05) is 18.2 Å². The van der Waals surface area contributed by atoms with Crippen LogP contribution in [0, 0.1) is 5.92 Å². The van der Waals surface area contributed by atoms with Gasteiger partial charge in [-0.05, 0) is 18.1 Å². The summed E-state index contributed by atoms with van der Waals surface area (Å²) < 4.78 is 5.13. The van der Waals surface area contributed by atoms with Gasteiger partial charge in [0.05, 0.1) is 12.3 Å². The maximum atomic E-state index is 5.61. The summed E-state index contributed by atoms with van der Waals surface area (Å²) in [5.74, 6) is 1.45. The van der Waals surface area contributed by atoms with E-state index in [4.69, 9.17) is 22.7 Å². The first kappa shape index (κ1) is 14.9. The zero-order chi connectivity index (χ0) is 13.5. The van der Waals surface area contributed by atoms with E-state index < -0.39 is 0 Å². The van der Waals surface area contributed by atoms with E-state index in [0.29, 0.717) is 23.2 Å². The first-order chi connectivity index (χ1) is 8.54. The molecule has 0 aliphatic heterocycles. The number of nitrogens with zero attached hydrogens (tertiary/aromatic N) is 2. The molecular weight excluding hydrogens is 246 g/mol. The van der Waals surface area contributed by atoms with Crippen molar-refractivity contribution in [3.63, 3.8) is 0 Å². The van der Waals surface area contributed by atoms with Gasteiger partial charge in [-0.2, -0.15) is 0 Å². The molecule has 0 aromatic carbocycles. The second-order valence-electron chi connectivity index (χ2n) is 4.58. The third kappa shape index (κ3) is 4.58. The van der Waals surface area contributed by atoms with Crippen LogP contribution < -0.4 is 10.6 Å². The average Bonchev–Trinajstić information content (AvgIpc) is 2.34. The number of ether oxygens (including phenoxy) is 1. The Kier molecular flexibility index (Phi) is 6.01. The zero-order valence-electron chi connectivity index (χ0n) is 11.2. The van der Waals surface area contributed by atoms with Crippen molar-refractivity contribution in [2.75, 3.05) is 31.7 Å². The number of nitrogens with two attached hydrogens (primary N) is 1. The molecule has 1 aromatic rings. The van der Waals surface area contributed by atoms with Gasteiger partial charge in [0.2, 0.25) is 0 Å². The quantitative estimate of drug-likeness (QED) is 0.764. The van der Waals surface area contributed by atoms with Crippen LogP contribution in [0.2, 0.25) is 0 Å². The normalized spacial score (nSPS) is 10.7. The largest absolute Gasteiger partial charge is 0.388 e. The summed E-state index contributed by atoms with van der Waals surface area (Å²) in [5.41, 5.74) is 6.27. The van der Waals surface area contributed by atoms with Crippen molar-refractivity contribution in [3.05, 3.63) is 23.9 Å². The van der Waals surface area contributed by atoms with E-state index in [1.165, 1.54) is 0 Å². The predicted octanol–water partition coefficient (Wildman–Crippen LogP) is 1.82. The summed E-state index contributed by atoms with van der Waals surface area (Å²) in [6.45, 7) is 6.76. The van der Waals surface area contributed by atoms with Gasteiger partial charge in [-0.15, -0.1) is 0 Å². The van der Waals surface area contributed by atoms with Crippen molar-refractivity contribution in [2.24, 2.45) is 11.7 Å². The lowest BCUT2D eigenvalue weighted by Crippen LogP contribution is -2.32. The molecule has 0 bridgehead atoms. The molecule has 0 saturated carbocycles. The van der Waals surface area contributed by atoms with Gasteiger partial charge in [-0.25, -0.2) is 4.98 Å². The molecule has 1 aromatic heterocycles. The molecule has 0 aliphatic rings. The summed E-state index contributed by atoms with van der Waals surface area (Å²) in [4.78, 5) is 7.00. The summed E-state index contributed by atoms with van der Waals surface area (Å²) in [6.07, 6.45) is 0. The Labute approximate surface area is 114 Å². The van der Waals surface area contributed by atoms with Crippen LogP contribution in [0.5, 0.6) is 0 Å². The Hall–Kier alpha value is -1.20. The van der Waals surface area contributed by atoms with Crippen LogP contribution in [-0.2, 0) is 4.74 Å². The molecule has 0 atom stereocenters. The topological polar surface area (TPSA) is 51.4 Å². The zero-order valence-corrected chi connectivity index (χ0v) is 12.0. The molecule has 0 spiro atoms. The van der Waals surface area contributed by atoms with Crippen molar-refractivity contribution in [2.45, 2.75) is 13.8 Å². The number of pyridine rings is 1. The summed E-state index contributed by atoms with van der Waals surface area (Å²) in [6, 6.07) is 5.73. The number of aromatic nitrogens is 1. The van der Waals surface area contributed by atoms with E-state index in [9.17, 15) is 0 Å². The van der Waals surface area contributed by atoms with Crippen molar-refractivity contribution >= 4 is 23.0 Å². The fourth-order valence-electron chi connectivity index (χ4n) is 1.68. The second-order valence-corrected chi connectivity index (χ2v) is 5.02. The average molecular weight is 267 g/mol. The fraction of sp³-hybridized carbons (Fsp3) is 0.538. The monoisotopic (exact) mass is 267 g/mol. The van der Waals surface area contributed by atoms with E-state index in [2.05, 4.69) is 23.7 Å². The van der Waals surface area contributed by atoms with E-state index in [-0.39, 0.29) is 0 Å². The molecule has 2 N–H and O–H groups in total. The van der Waals surface area contributed by atoms with Crippen molar-refractivity contribution in [3.8, 4) is 0 Å². The Morgan fingerprint density at radius 1 is 1.50 bits per heavy atom. The molecule has 1 rings (SSSR count). The smallest absolute Gasteiger partial charge is 0.129 e. The van der Waals surface area contributed by atoms with Gasteiger partial charge in [0, 0.05) is 20.2 Å². The maximum absolute atomic E-state index is 5.61. The highest BCUT2D eigenvalue weighted by Gasteiger charge is 2.10. The molecule has 0 saturated heterocycles. The number of anilines is 1. The van der Waals surface area contributed by atoms with Crippen molar-refractivity contribution in [1.82, 2.24) is 4.98 Å². The summed E-state index contributed by atoms with van der Waals surface area (Å²) in [5, 5.41) is 0. The number of rotatable bonds is 7. The highest BCUT2D eigenvalue weighted by Crippen LogP contribution is 2.13. The van der Waals surface area contributed by atoms with Gasteiger partial charge in [0.25, 0.3) is 0 Å². The minimum atomic E-state index is 0.327. The molecule has 0 fully saturated rings. The first-order valence-corrected chi connectivity index (χ1v) is 6.46. The molecule has 0 amide bonds. The second kappa shape index (κ2) is 7.28. The lowest BCUT2D eigenvalue weighted by Gasteiger charge is -2.25. The minimum Gasteiger partial charge on any atom is -0.388 e. The Balaban J connectivity index is 2.89. The van der Waals surface area contributed by atoms with E-state index in [1.54, 1.807) is 7.11 Å². The third-order valence-corrected chi connectivity index (χ3v) is 2.67. The SMILES string of the molecule is COCCN(CC(C)C)c1cccc(C(N)=S)n1. The van der Waals surface area contributed by atoms with E-state index in [0.717, 1.165) is 18.9 Å². The standard InChI is InChI=1S/C13H21N3OS/c1-10(2)9-16(7-8-17-3)12-6-4-5-11(15-12)13(14)18/h4-6,10H,7-9H2,1-3H3,(H2,14,18). The Morgan fingerprint density at radius 3 is 2.78 bits per heavy atom. The number of thiocarbonyl (C=S) groups is 1. The maximum Gasteiger partial charge on any atom is 0.129 e. The summed E-state index contributed by atoms with van der Waals surface area (Å²) >= 11 is 4.96.